The smallest absolute Gasteiger partial charge is 0.221 e. The molecule has 2 bridgehead atoms. The number of amides is 1. The van der Waals surface area contributed by atoms with Crippen LogP contribution in [0.4, 0.5) is 0 Å². The third-order valence-electron chi connectivity index (χ3n) is 10.4. The van der Waals surface area contributed by atoms with E-state index in [0.717, 1.165) is 77.0 Å². The maximum absolute atomic E-state index is 13.4. The van der Waals surface area contributed by atoms with E-state index in [1.54, 1.807) is 13.2 Å². The van der Waals surface area contributed by atoms with Crippen molar-refractivity contribution in [2.75, 3.05) is 33.3 Å². The zero-order valence-electron chi connectivity index (χ0n) is 26.6. The highest BCUT2D eigenvalue weighted by molar-refractivity contribution is 5.85. The lowest BCUT2D eigenvalue weighted by atomic mass is 9.57. The average molecular weight is 655 g/mol. The molecule has 2 fully saturated rings. The second-order valence-corrected chi connectivity index (χ2v) is 13.2. The molecule has 45 heavy (non-hydrogen) atoms. The summed E-state index contributed by atoms with van der Waals surface area (Å²) in [4.78, 5) is 18.5. The highest BCUT2D eigenvalue weighted by Crippen LogP contribution is 2.50. The van der Waals surface area contributed by atoms with Crippen LogP contribution in [0.5, 0.6) is 11.5 Å². The third kappa shape index (κ3) is 8.15. The van der Waals surface area contributed by atoms with Gasteiger partial charge in [-0.25, -0.2) is 0 Å². The Morgan fingerprint density at radius 3 is 2.60 bits per heavy atom. The van der Waals surface area contributed by atoms with Crippen LogP contribution in [-0.2, 0) is 29.6 Å². The first-order chi connectivity index (χ1) is 20.9. The number of phenolic OH excluding ortho intramolecular Hbond substituents is 1. The molecule has 6 nitrogen and oxygen atoms in total. The van der Waals surface area contributed by atoms with Crippen molar-refractivity contribution >= 4 is 30.7 Å². The molecule has 2 aliphatic heterocycles. The van der Waals surface area contributed by atoms with Crippen LogP contribution in [0, 0.1) is 5.92 Å². The van der Waals surface area contributed by atoms with E-state index in [4.69, 9.17) is 4.74 Å². The van der Waals surface area contributed by atoms with Crippen molar-refractivity contribution in [3.05, 3.63) is 95.1 Å². The van der Waals surface area contributed by atoms with E-state index in [1.807, 2.05) is 18.2 Å². The lowest BCUT2D eigenvalue weighted by molar-refractivity contribution is -0.123. The van der Waals surface area contributed by atoms with Crippen LogP contribution >= 0.6 is 24.8 Å². The van der Waals surface area contributed by atoms with Gasteiger partial charge < -0.3 is 15.2 Å². The number of phenols is 1. The molecule has 2 N–H and O–H groups in total. The van der Waals surface area contributed by atoms with Crippen LogP contribution in [0.25, 0.3) is 0 Å². The predicted molar refractivity (Wildman–Crippen MR) is 186 cm³/mol. The van der Waals surface area contributed by atoms with E-state index in [9.17, 15) is 9.90 Å². The molecular weight excluding hydrogens is 605 g/mol. The molecule has 4 atom stereocenters. The van der Waals surface area contributed by atoms with Crippen LogP contribution in [0.3, 0.4) is 0 Å². The molecule has 3 aliphatic rings. The molecule has 0 unspecified atom stereocenters. The van der Waals surface area contributed by atoms with E-state index < -0.39 is 0 Å². The normalized spacial score (nSPS) is 24.4. The fourth-order valence-electron chi connectivity index (χ4n) is 8.11. The summed E-state index contributed by atoms with van der Waals surface area (Å²) < 4.78 is 5.43. The molecule has 1 saturated carbocycles. The molecule has 1 amide bonds. The molecule has 0 aromatic heterocycles. The summed E-state index contributed by atoms with van der Waals surface area (Å²) >= 11 is 0. The number of carbonyl (C=O) groups excluding carboxylic acids is 1. The van der Waals surface area contributed by atoms with Crippen LogP contribution in [-0.4, -0.2) is 66.2 Å². The molecule has 1 saturated heterocycles. The Morgan fingerprint density at radius 1 is 1.00 bits per heavy atom. The van der Waals surface area contributed by atoms with Crippen molar-refractivity contribution in [3.8, 4) is 11.5 Å². The predicted octanol–water partition coefficient (Wildman–Crippen LogP) is 6.55. The first-order valence-electron chi connectivity index (χ1n) is 16.2. The third-order valence-corrected chi connectivity index (χ3v) is 10.4. The van der Waals surface area contributed by atoms with Gasteiger partial charge >= 0.3 is 0 Å². The van der Waals surface area contributed by atoms with Crippen LogP contribution in [0.2, 0.25) is 0 Å². The molecule has 6 rings (SSSR count). The van der Waals surface area contributed by atoms with Gasteiger partial charge in [0, 0.05) is 50.1 Å². The van der Waals surface area contributed by atoms with E-state index >= 15 is 0 Å². The fraction of sp³-hybridized carbons (Fsp3) is 0.486. The van der Waals surface area contributed by atoms with Gasteiger partial charge in [-0.1, -0.05) is 55.5 Å². The van der Waals surface area contributed by atoms with Gasteiger partial charge in [-0.15, -0.1) is 24.8 Å². The van der Waals surface area contributed by atoms with Crippen molar-refractivity contribution in [1.82, 2.24) is 15.1 Å². The summed E-state index contributed by atoms with van der Waals surface area (Å²) in [6, 6.07) is 25.5. The molecule has 0 radical (unpaired) electrons. The number of fused-ring (bicyclic) bond motifs is 3. The highest BCUT2D eigenvalue weighted by atomic mass is 35.5. The molecule has 0 spiro atoms. The Hall–Kier alpha value is -2.77. The number of nitrogens with zero attached hydrogens (tertiary/aromatic N) is 2. The zero-order chi connectivity index (χ0) is 29.8. The number of likely N-dealkylation sites (tertiary alicyclic amines) is 1. The fourth-order valence-corrected chi connectivity index (χ4v) is 8.11. The number of hydrogen-bond donors (Lipinski definition) is 2. The molecule has 8 heteroatoms. The first kappa shape index (κ1) is 35.1. The minimum Gasteiger partial charge on any atom is -0.508 e. The van der Waals surface area contributed by atoms with E-state index in [1.165, 1.54) is 22.3 Å². The number of ether oxygens (including phenoxy) is 1. The number of piperidine rings is 1. The van der Waals surface area contributed by atoms with Crippen LogP contribution in [0.15, 0.2) is 72.8 Å². The van der Waals surface area contributed by atoms with Gasteiger partial charge in [-0.05, 0) is 97.5 Å². The second-order valence-electron chi connectivity index (χ2n) is 13.2. The maximum atomic E-state index is 13.4. The average Bonchev–Trinajstić information content (AvgIpc) is 3.02. The lowest BCUT2D eigenvalue weighted by Gasteiger charge is -2.56. The van der Waals surface area contributed by atoms with Crippen molar-refractivity contribution in [2.24, 2.45) is 5.92 Å². The second kappa shape index (κ2) is 15.7. The number of rotatable bonds is 10. The standard InChI is InChI=1S/C37H47N3O3.2ClH/c1-27-25-40(17-7-10-28-8-4-3-5-9-28)33-22-32(23-37(27,24-33)31-11-6-12-34(41)21-31)38-36(42)16-19-39-18-15-29-13-14-35(43-2)20-30(29)26-39;;/h3-6,8-9,11-14,20-21,27,32-33,41H,7,10,15-19,22-26H2,1-2H3,(H,38,42);2*1H/t27-,32+,33+,37+;;/m1../s1. The molecule has 3 aromatic rings. The molecule has 1 aliphatic carbocycles. The Morgan fingerprint density at radius 2 is 1.82 bits per heavy atom. The Labute approximate surface area is 281 Å². The van der Waals surface area contributed by atoms with Gasteiger partial charge in [0.05, 0.1) is 7.11 Å². The minimum atomic E-state index is -0.0504. The van der Waals surface area contributed by atoms with E-state index in [0.29, 0.717) is 24.1 Å². The van der Waals surface area contributed by atoms with Gasteiger partial charge in [0.1, 0.15) is 11.5 Å². The number of aryl methyl sites for hydroxylation is 1. The number of halogens is 2. The Kier molecular flexibility index (Phi) is 12.2. The van der Waals surface area contributed by atoms with Crippen LogP contribution in [0.1, 0.15) is 61.3 Å². The number of hydrogen-bond acceptors (Lipinski definition) is 5. The SMILES string of the molecule is COc1ccc2c(c1)CN(CCC(=O)N[C@H]1C[C@H]3C[C@@](c4cccc(O)c4)(C1)[C@H](C)CN3CCCc1ccccc1)CC2.Cl.Cl. The molecule has 2 heterocycles. The number of benzene rings is 3. The Bertz CT molecular complexity index is 1410. The quantitative estimate of drug-likeness (QED) is 0.260. The monoisotopic (exact) mass is 653 g/mol. The van der Waals surface area contributed by atoms with E-state index in [2.05, 4.69) is 70.6 Å². The highest BCUT2D eigenvalue weighted by Gasteiger charge is 2.51. The molecular formula is C37H49Cl2N3O3. The van der Waals surface area contributed by atoms with Crippen molar-refractivity contribution in [3.63, 3.8) is 0 Å². The summed E-state index contributed by atoms with van der Waals surface area (Å²) in [6.45, 7) is 7.10. The first-order valence-corrected chi connectivity index (χ1v) is 16.2. The summed E-state index contributed by atoms with van der Waals surface area (Å²) in [7, 11) is 1.71. The molecule has 3 aromatic carbocycles. The van der Waals surface area contributed by atoms with Crippen molar-refractivity contribution in [1.29, 1.82) is 0 Å². The Balaban J connectivity index is 0.00000230. The summed E-state index contributed by atoms with van der Waals surface area (Å²) in [5.41, 5.74) is 5.25. The minimum absolute atomic E-state index is 0. The van der Waals surface area contributed by atoms with Crippen molar-refractivity contribution in [2.45, 2.75) is 75.9 Å². The number of aromatic hydroxyl groups is 1. The maximum Gasteiger partial charge on any atom is 0.221 e. The zero-order valence-corrected chi connectivity index (χ0v) is 28.3. The number of methoxy groups -OCH3 is 1. The van der Waals surface area contributed by atoms with Crippen molar-refractivity contribution < 1.29 is 14.6 Å². The summed E-state index contributed by atoms with van der Waals surface area (Å²) in [5, 5.41) is 13.9. The topological polar surface area (TPSA) is 65.0 Å². The number of carbonyl (C=O) groups is 1. The van der Waals surface area contributed by atoms with Gasteiger partial charge in [-0.3, -0.25) is 14.6 Å². The van der Waals surface area contributed by atoms with Gasteiger partial charge in [0.15, 0.2) is 0 Å². The molecule has 244 valence electrons. The van der Waals surface area contributed by atoms with Gasteiger partial charge in [0.25, 0.3) is 0 Å². The van der Waals surface area contributed by atoms with Gasteiger partial charge in [-0.2, -0.15) is 0 Å². The summed E-state index contributed by atoms with van der Waals surface area (Å²) in [6.07, 6.45) is 6.73. The largest absolute Gasteiger partial charge is 0.508 e. The van der Waals surface area contributed by atoms with Gasteiger partial charge in [0.2, 0.25) is 5.91 Å². The number of nitrogens with one attached hydrogen (secondary N) is 1. The lowest BCUT2D eigenvalue weighted by Crippen LogP contribution is -2.61. The van der Waals surface area contributed by atoms with E-state index in [-0.39, 0.29) is 42.2 Å². The van der Waals surface area contributed by atoms with Crippen LogP contribution < -0.4 is 10.1 Å². The summed E-state index contributed by atoms with van der Waals surface area (Å²) in [5.74, 6) is 1.79.